The van der Waals surface area contributed by atoms with E-state index in [2.05, 4.69) is 15.7 Å². The second-order valence-corrected chi connectivity index (χ2v) is 6.74. The molecule has 3 aromatic rings. The molecule has 7 nitrogen and oxygen atoms in total. The number of carbonyl (C=O) groups is 1. The van der Waals surface area contributed by atoms with Gasteiger partial charge in [0.1, 0.15) is 17.0 Å². The summed E-state index contributed by atoms with van der Waals surface area (Å²) in [4.78, 5) is 12.6. The summed E-state index contributed by atoms with van der Waals surface area (Å²) in [5.74, 6) is 0.370. The van der Waals surface area contributed by atoms with Crippen LogP contribution in [-0.2, 0) is 0 Å². The number of amides is 1. The molecule has 0 unspecified atom stereocenters. The molecule has 8 heteroatoms. The number of methoxy groups -OCH3 is 1. The molecule has 1 heterocycles. The number of phenolic OH excluding ortho intramolecular Hbond substituents is 1. The summed E-state index contributed by atoms with van der Waals surface area (Å²) >= 11 is 1.99. The normalized spacial score (nSPS) is 10.9. The van der Waals surface area contributed by atoms with Gasteiger partial charge in [-0.2, -0.15) is 5.10 Å². The Hall–Kier alpha value is -2.88. The largest absolute Gasteiger partial charge is 0.504 e. The molecule has 2 N–H and O–H groups in total. The van der Waals surface area contributed by atoms with Crippen LogP contribution in [0.15, 0.2) is 52.1 Å². The van der Waals surface area contributed by atoms with E-state index in [1.165, 1.54) is 13.3 Å². The Morgan fingerprint density at radius 2 is 2.07 bits per heavy atom. The summed E-state index contributed by atoms with van der Waals surface area (Å²) in [6.45, 7) is 1.67. The Labute approximate surface area is 169 Å². The molecule has 2 aromatic carbocycles. The third-order valence-electron chi connectivity index (χ3n) is 3.79. The van der Waals surface area contributed by atoms with Gasteiger partial charge in [-0.25, -0.2) is 5.43 Å². The van der Waals surface area contributed by atoms with E-state index in [4.69, 9.17) is 9.26 Å². The van der Waals surface area contributed by atoms with E-state index in [9.17, 15) is 9.90 Å². The topological polar surface area (TPSA) is 97.0 Å². The highest BCUT2D eigenvalue weighted by Crippen LogP contribution is 2.31. The number of nitrogens with one attached hydrogen (secondary N) is 1. The van der Waals surface area contributed by atoms with Crippen LogP contribution >= 0.6 is 22.6 Å². The van der Waals surface area contributed by atoms with Gasteiger partial charge in [-0.05, 0) is 47.2 Å². The first-order valence-corrected chi connectivity index (χ1v) is 9.00. The van der Waals surface area contributed by atoms with Crippen molar-refractivity contribution in [2.24, 2.45) is 5.10 Å². The molecule has 138 valence electrons. The Morgan fingerprint density at radius 3 is 2.78 bits per heavy atom. The first kappa shape index (κ1) is 18.9. The molecule has 0 radical (unpaired) electrons. The molecule has 0 atom stereocenters. The van der Waals surface area contributed by atoms with Crippen molar-refractivity contribution in [3.05, 3.63) is 62.9 Å². The summed E-state index contributed by atoms with van der Waals surface area (Å²) in [5, 5.41) is 17.8. The van der Waals surface area contributed by atoms with Crippen molar-refractivity contribution in [3.8, 4) is 22.8 Å². The lowest BCUT2D eigenvalue weighted by atomic mass is 10.1. The molecule has 0 aliphatic heterocycles. The number of hydrogen-bond acceptors (Lipinski definition) is 6. The molecule has 0 saturated heterocycles. The van der Waals surface area contributed by atoms with E-state index in [0.29, 0.717) is 31.9 Å². The van der Waals surface area contributed by atoms with Gasteiger partial charge < -0.3 is 14.4 Å². The fourth-order valence-electron chi connectivity index (χ4n) is 2.48. The van der Waals surface area contributed by atoms with Crippen molar-refractivity contribution < 1.29 is 19.2 Å². The summed E-state index contributed by atoms with van der Waals surface area (Å²) in [5.41, 5.74) is 4.72. The average molecular weight is 477 g/mol. The maximum Gasteiger partial charge on any atom is 0.277 e. The number of hydrogen-bond donors (Lipinski definition) is 2. The van der Waals surface area contributed by atoms with Crippen LogP contribution in [0.5, 0.6) is 11.5 Å². The fraction of sp³-hybridized carbons (Fsp3) is 0.105. The molecule has 0 fully saturated rings. The van der Waals surface area contributed by atoms with E-state index in [1.54, 1.807) is 19.1 Å². The molecular formula is C19H16IN3O4. The Bertz CT molecular complexity index is 1000. The number of aromatic nitrogens is 1. The maximum atomic E-state index is 12.6. The van der Waals surface area contributed by atoms with Gasteiger partial charge in [-0.3, -0.25) is 4.79 Å². The Kier molecular flexibility index (Phi) is 5.75. The minimum Gasteiger partial charge on any atom is -0.504 e. The van der Waals surface area contributed by atoms with E-state index in [0.717, 1.165) is 5.56 Å². The molecule has 0 aliphatic rings. The van der Waals surface area contributed by atoms with Crippen molar-refractivity contribution in [2.75, 3.05) is 7.11 Å². The molecule has 1 aromatic heterocycles. The number of nitrogens with zero attached hydrogens (tertiary/aromatic N) is 2. The van der Waals surface area contributed by atoms with Crippen molar-refractivity contribution in [1.82, 2.24) is 10.6 Å². The summed E-state index contributed by atoms with van der Waals surface area (Å²) < 4.78 is 10.9. The van der Waals surface area contributed by atoms with Crippen molar-refractivity contribution in [3.63, 3.8) is 0 Å². The van der Waals surface area contributed by atoms with E-state index in [-0.39, 0.29) is 5.75 Å². The van der Waals surface area contributed by atoms with Gasteiger partial charge in [0.05, 0.1) is 16.9 Å². The third kappa shape index (κ3) is 4.11. The van der Waals surface area contributed by atoms with E-state index < -0.39 is 5.91 Å². The smallest absolute Gasteiger partial charge is 0.277 e. The van der Waals surface area contributed by atoms with Gasteiger partial charge in [0, 0.05) is 5.56 Å². The zero-order chi connectivity index (χ0) is 19.4. The second-order valence-electron chi connectivity index (χ2n) is 5.58. The Balaban J connectivity index is 1.80. The average Bonchev–Trinajstić information content (AvgIpc) is 3.06. The van der Waals surface area contributed by atoms with Crippen LogP contribution in [0.2, 0.25) is 0 Å². The van der Waals surface area contributed by atoms with Gasteiger partial charge in [0.15, 0.2) is 11.5 Å². The summed E-state index contributed by atoms with van der Waals surface area (Å²) in [6, 6.07) is 12.6. The number of phenols is 1. The number of aromatic hydroxyl groups is 1. The summed E-state index contributed by atoms with van der Waals surface area (Å²) in [7, 11) is 1.47. The zero-order valence-electron chi connectivity index (χ0n) is 14.6. The van der Waals surface area contributed by atoms with Crippen molar-refractivity contribution >= 4 is 34.7 Å². The number of benzene rings is 2. The predicted molar refractivity (Wildman–Crippen MR) is 109 cm³/mol. The number of aryl methyl sites for hydroxylation is 1. The number of halogens is 1. The summed E-state index contributed by atoms with van der Waals surface area (Å²) in [6.07, 6.45) is 1.47. The highest BCUT2D eigenvalue weighted by Gasteiger charge is 2.21. The van der Waals surface area contributed by atoms with Crippen molar-refractivity contribution in [2.45, 2.75) is 6.92 Å². The first-order chi connectivity index (χ1) is 13.0. The lowest BCUT2D eigenvalue weighted by molar-refractivity contribution is 0.0954. The number of hydrazone groups is 1. The highest BCUT2D eigenvalue weighted by molar-refractivity contribution is 14.1. The standard InChI is InChI=1S/C19H16IN3O4/c1-11-16(17(23-27-11)13-6-4-3-5-7-13)19(25)22-21-10-12-8-14(20)18(24)15(9-12)26-2/h3-10,24H,1-2H3,(H,22,25)/b21-10-. The van der Waals surface area contributed by atoms with Crippen LogP contribution in [0.1, 0.15) is 21.7 Å². The van der Waals surface area contributed by atoms with Crippen LogP contribution in [0.4, 0.5) is 0 Å². The molecular weight excluding hydrogens is 461 g/mol. The molecule has 1 amide bonds. The predicted octanol–water partition coefficient (Wildman–Crippen LogP) is 3.73. The quantitative estimate of drug-likeness (QED) is 0.332. The van der Waals surface area contributed by atoms with Crippen LogP contribution < -0.4 is 10.2 Å². The van der Waals surface area contributed by atoms with E-state index >= 15 is 0 Å². The first-order valence-electron chi connectivity index (χ1n) is 7.93. The minimum absolute atomic E-state index is 0.0619. The van der Waals surface area contributed by atoms with Crippen molar-refractivity contribution in [1.29, 1.82) is 0 Å². The van der Waals surface area contributed by atoms with Gasteiger partial charge in [-0.1, -0.05) is 35.5 Å². The monoisotopic (exact) mass is 477 g/mol. The lowest BCUT2D eigenvalue weighted by Gasteiger charge is -2.06. The van der Waals surface area contributed by atoms with Gasteiger partial charge >= 0.3 is 0 Å². The second kappa shape index (κ2) is 8.21. The van der Waals surface area contributed by atoms with Crippen LogP contribution in [-0.4, -0.2) is 29.5 Å². The van der Waals surface area contributed by atoms with Gasteiger partial charge in [0.25, 0.3) is 5.91 Å². The number of rotatable bonds is 5. The third-order valence-corrected chi connectivity index (χ3v) is 4.61. The highest BCUT2D eigenvalue weighted by atomic mass is 127. The number of carbonyl (C=O) groups excluding carboxylic acids is 1. The maximum absolute atomic E-state index is 12.6. The van der Waals surface area contributed by atoms with Gasteiger partial charge in [0.2, 0.25) is 0 Å². The lowest BCUT2D eigenvalue weighted by Crippen LogP contribution is -2.18. The van der Waals surface area contributed by atoms with Crippen LogP contribution in [0.3, 0.4) is 0 Å². The molecule has 0 spiro atoms. The molecule has 0 aliphatic carbocycles. The molecule has 27 heavy (non-hydrogen) atoms. The molecule has 0 saturated carbocycles. The zero-order valence-corrected chi connectivity index (χ0v) is 16.7. The molecule has 0 bridgehead atoms. The fourth-order valence-corrected chi connectivity index (χ4v) is 3.10. The van der Waals surface area contributed by atoms with Gasteiger partial charge in [-0.15, -0.1) is 0 Å². The Morgan fingerprint density at radius 1 is 1.33 bits per heavy atom. The SMILES string of the molecule is COc1cc(/C=N\NC(=O)c2c(-c3ccccc3)noc2C)cc(I)c1O. The number of ether oxygens (including phenoxy) is 1. The molecule has 3 rings (SSSR count). The van der Waals surface area contributed by atoms with E-state index in [1.807, 2.05) is 52.9 Å². The van der Waals surface area contributed by atoms with Crippen LogP contribution in [0, 0.1) is 10.5 Å². The van der Waals surface area contributed by atoms with Crippen LogP contribution in [0.25, 0.3) is 11.3 Å². The minimum atomic E-state index is -0.427.